The molecule has 12 heteroatoms. The van der Waals surface area contributed by atoms with Crippen molar-refractivity contribution in [1.82, 2.24) is 19.5 Å². The van der Waals surface area contributed by atoms with Gasteiger partial charge in [-0.1, -0.05) is 84.9 Å². The second-order valence-electron chi connectivity index (χ2n) is 11.1. The largest absolute Gasteiger partial charge is 0.459 e. The molecule has 7 rings (SSSR count). The smallest absolute Gasteiger partial charge is 0.351 e. The fraction of sp³-hybridized carbons (Fsp3) is 0.135. The van der Waals surface area contributed by atoms with Crippen molar-refractivity contribution in [3.63, 3.8) is 0 Å². The summed E-state index contributed by atoms with van der Waals surface area (Å²) in [6.07, 6.45) is -3.77. The number of H-pyrrole nitrogens is 1. The summed E-state index contributed by atoms with van der Waals surface area (Å²) < 4.78 is 25.0. The third-order valence-corrected chi connectivity index (χ3v) is 7.90. The van der Waals surface area contributed by atoms with Crippen molar-refractivity contribution < 1.29 is 33.3 Å². The van der Waals surface area contributed by atoms with Crippen LogP contribution in [0.3, 0.4) is 0 Å². The Morgan fingerprint density at radius 1 is 0.673 bits per heavy atom. The van der Waals surface area contributed by atoms with Crippen LogP contribution in [0.2, 0.25) is 0 Å². The molecular formula is C37H28N4O8. The Hall–Kier alpha value is -6.40. The molecule has 0 aliphatic carbocycles. The number of nitrogens with one attached hydrogen (secondary N) is 1. The van der Waals surface area contributed by atoms with E-state index in [2.05, 4.69) is 15.0 Å². The number of rotatable bonds is 9. The molecule has 12 nitrogen and oxygen atoms in total. The number of aromatic amines is 1. The first-order valence-electron chi connectivity index (χ1n) is 15.4. The number of imidazole rings is 1. The summed E-state index contributed by atoms with van der Waals surface area (Å²) in [7, 11) is 0. The Balaban J connectivity index is 1.27. The predicted molar refractivity (Wildman–Crippen MR) is 176 cm³/mol. The van der Waals surface area contributed by atoms with E-state index in [0.29, 0.717) is 16.9 Å². The Labute approximate surface area is 278 Å². The molecule has 0 radical (unpaired) electrons. The van der Waals surface area contributed by atoms with Gasteiger partial charge >= 0.3 is 23.6 Å². The van der Waals surface area contributed by atoms with Crippen LogP contribution >= 0.6 is 0 Å². The minimum absolute atomic E-state index is 0.163. The standard InChI is InChI=1S/C37H28N4O8/c42-34(24-15-7-2-8-16-24)46-22-28-29(48-35(43)25-17-9-3-10-18-25)30(49-36(44)26-19-11-4-12-20-26)33(47-28)41-21-27-32(40-37(41)45)39-31(38-27)23-13-5-1-6-14-23/h1-21,28-30,33H,22H2,(H,38,39,40,45)/t28-,29-,30-,33-/m1/s1. The van der Waals surface area contributed by atoms with Crippen LogP contribution in [0.1, 0.15) is 37.3 Å². The van der Waals surface area contributed by atoms with E-state index in [4.69, 9.17) is 18.9 Å². The molecule has 49 heavy (non-hydrogen) atoms. The van der Waals surface area contributed by atoms with Gasteiger partial charge in [-0.15, -0.1) is 0 Å². The van der Waals surface area contributed by atoms with Gasteiger partial charge in [0.15, 0.2) is 24.1 Å². The van der Waals surface area contributed by atoms with Crippen LogP contribution in [0, 0.1) is 0 Å². The van der Waals surface area contributed by atoms with Crippen molar-refractivity contribution in [2.24, 2.45) is 0 Å². The minimum atomic E-state index is -1.38. The second-order valence-corrected chi connectivity index (χ2v) is 11.1. The number of benzene rings is 4. The van der Waals surface area contributed by atoms with E-state index in [1.54, 1.807) is 91.0 Å². The van der Waals surface area contributed by atoms with Gasteiger partial charge in [0.05, 0.1) is 16.7 Å². The van der Waals surface area contributed by atoms with Crippen LogP contribution in [-0.4, -0.2) is 62.3 Å². The van der Waals surface area contributed by atoms with Crippen molar-refractivity contribution in [3.05, 3.63) is 155 Å². The summed E-state index contributed by atoms with van der Waals surface area (Å²) in [6, 6.07) is 34.0. The lowest BCUT2D eigenvalue weighted by Crippen LogP contribution is -2.42. The highest BCUT2D eigenvalue weighted by molar-refractivity contribution is 5.91. The normalized spacial score (nSPS) is 18.5. The minimum Gasteiger partial charge on any atom is -0.459 e. The molecule has 3 heterocycles. The number of carbonyl (C=O) groups is 3. The van der Waals surface area contributed by atoms with Crippen LogP contribution < -0.4 is 5.69 Å². The summed E-state index contributed by atoms with van der Waals surface area (Å²) in [5.41, 5.74) is 1.31. The summed E-state index contributed by atoms with van der Waals surface area (Å²) in [4.78, 5) is 65.2. The van der Waals surface area contributed by atoms with Crippen molar-refractivity contribution in [1.29, 1.82) is 0 Å². The third-order valence-electron chi connectivity index (χ3n) is 7.90. The quantitative estimate of drug-likeness (QED) is 0.166. The molecule has 1 aliphatic rings. The highest BCUT2D eigenvalue weighted by Gasteiger charge is 2.52. The molecule has 1 fully saturated rings. The zero-order valence-electron chi connectivity index (χ0n) is 25.7. The van der Waals surface area contributed by atoms with Gasteiger partial charge in [0, 0.05) is 11.8 Å². The summed E-state index contributed by atoms with van der Waals surface area (Å²) in [5.74, 6) is -1.65. The summed E-state index contributed by atoms with van der Waals surface area (Å²) >= 11 is 0. The molecule has 0 unspecified atom stereocenters. The van der Waals surface area contributed by atoms with Gasteiger partial charge in [-0.3, -0.25) is 4.57 Å². The van der Waals surface area contributed by atoms with Gasteiger partial charge in [0.25, 0.3) is 0 Å². The average Bonchev–Trinajstić information content (AvgIpc) is 3.72. The zero-order valence-corrected chi connectivity index (χ0v) is 25.7. The van der Waals surface area contributed by atoms with E-state index >= 15 is 0 Å². The lowest BCUT2D eigenvalue weighted by molar-refractivity contribution is -0.0637. The number of nitrogens with zero attached hydrogens (tertiary/aromatic N) is 3. The first-order chi connectivity index (χ1) is 23.9. The average molecular weight is 657 g/mol. The lowest BCUT2D eigenvalue weighted by atomic mass is 10.1. The highest BCUT2D eigenvalue weighted by atomic mass is 16.7. The van der Waals surface area contributed by atoms with E-state index in [1.807, 2.05) is 30.3 Å². The molecule has 1 aliphatic heterocycles. The number of ether oxygens (including phenoxy) is 4. The van der Waals surface area contributed by atoms with Gasteiger partial charge in [-0.05, 0) is 36.4 Å². The fourth-order valence-electron chi connectivity index (χ4n) is 5.49. The second kappa shape index (κ2) is 13.8. The topological polar surface area (TPSA) is 152 Å². The van der Waals surface area contributed by atoms with Crippen molar-refractivity contribution in [2.75, 3.05) is 6.61 Å². The number of fused-ring (bicyclic) bond motifs is 1. The third kappa shape index (κ3) is 6.71. The molecule has 0 saturated carbocycles. The van der Waals surface area contributed by atoms with E-state index in [9.17, 15) is 19.2 Å². The maximum Gasteiger partial charge on any atom is 0.351 e. The summed E-state index contributed by atoms with van der Waals surface area (Å²) in [6.45, 7) is -0.400. The SMILES string of the molecule is O=C(OC[C@H]1O[C@@H](n2cc3[nH]c(-c4ccccc4)nc3nc2=O)[C@H](OC(=O)c2ccccc2)[C@@H]1OC(=O)c1ccccc1)c1ccccc1. The van der Waals surface area contributed by atoms with Crippen molar-refractivity contribution in [3.8, 4) is 11.4 Å². The zero-order chi connectivity index (χ0) is 33.7. The number of esters is 3. The van der Waals surface area contributed by atoms with Gasteiger partial charge < -0.3 is 23.9 Å². The molecule has 1 saturated heterocycles. The maximum absolute atomic E-state index is 13.6. The molecular weight excluding hydrogens is 628 g/mol. The van der Waals surface area contributed by atoms with Crippen molar-refractivity contribution >= 4 is 29.1 Å². The van der Waals surface area contributed by atoms with Gasteiger partial charge in [-0.2, -0.15) is 4.98 Å². The summed E-state index contributed by atoms with van der Waals surface area (Å²) in [5, 5.41) is 0. The first-order valence-corrected chi connectivity index (χ1v) is 15.4. The molecule has 4 aromatic carbocycles. The number of hydrogen-bond acceptors (Lipinski definition) is 10. The van der Waals surface area contributed by atoms with Crippen LogP contribution in [0.25, 0.3) is 22.6 Å². The first kappa shape index (κ1) is 31.2. The monoisotopic (exact) mass is 656 g/mol. The van der Waals surface area contributed by atoms with E-state index < -0.39 is 54.7 Å². The number of hydrogen-bond donors (Lipinski definition) is 1. The lowest BCUT2D eigenvalue weighted by Gasteiger charge is -2.25. The Kier molecular flexibility index (Phi) is 8.76. The molecule has 1 N–H and O–H groups in total. The molecule has 6 aromatic rings. The molecule has 0 bridgehead atoms. The molecule has 244 valence electrons. The van der Waals surface area contributed by atoms with Gasteiger partial charge in [0.1, 0.15) is 24.1 Å². The van der Waals surface area contributed by atoms with Crippen LogP contribution in [0.4, 0.5) is 0 Å². The van der Waals surface area contributed by atoms with Gasteiger partial charge in [0.2, 0.25) is 0 Å². The van der Waals surface area contributed by atoms with Gasteiger partial charge in [-0.25, -0.2) is 24.2 Å². The molecule has 2 aromatic heterocycles. The Morgan fingerprint density at radius 3 is 1.76 bits per heavy atom. The predicted octanol–water partition coefficient (Wildman–Crippen LogP) is 4.99. The van der Waals surface area contributed by atoms with Crippen LogP contribution in [0.5, 0.6) is 0 Å². The van der Waals surface area contributed by atoms with Crippen LogP contribution in [0.15, 0.2) is 132 Å². The number of aromatic nitrogens is 4. The molecule has 0 spiro atoms. The fourth-order valence-corrected chi connectivity index (χ4v) is 5.49. The Morgan fingerprint density at radius 2 is 1.18 bits per heavy atom. The van der Waals surface area contributed by atoms with E-state index in [1.165, 1.54) is 6.20 Å². The van der Waals surface area contributed by atoms with E-state index in [0.717, 1.165) is 10.1 Å². The highest BCUT2D eigenvalue weighted by Crippen LogP contribution is 2.35. The number of carbonyl (C=O) groups excluding carboxylic acids is 3. The molecule has 4 atom stereocenters. The maximum atomic E-state index is 13.6. The van der Waals surface area contributed by atoms with Crippen molar-refractivity contribution in [2.45, 2.75) is 24.5 Å². The van der Waals surface area contributed by atoms with Crippen LogP contribution in [-0.2, 0) is 18.9 Å². The Bertz CT molecular complexity index is 2160. The van der Waals surface area contributed by atoms with E-state index in [-0.39, 0.29) is 16.8 Å². The molecule has 0 amide bonds.